The minimum atomic E-state index is -0.391. The highest BCUT2D eigenvalue weighted by Gasteiger charge is 2.10. The van der Waals surface area contributed by atoms with E-state index in [4.69, 9.17) is 23.2 Å². The SMILES string of the molecule is Cn1nc(Cl)c(C=NNc2ccccc2F)c1Cl. The van der Waals surface area contributed by atoms with Crippen LogP contribution in [-0.2, 0) is 7.05 Å². The van der Waals surface area contributed by atoms with E-state index in [0.29, 0.717) is 10.7 Å². The monoisotopic (exact) mass is 286 g/mol. The van der Waals surface area contributed by atoms with Crippen molar-refractivity contribution in [3.63, 3.8) is 0 Å². The third kappa shape index (κ3) is 2.63. The van der Waals surface area contributed by atoms with Gasteiger partial charge in [0.05, 0.1) is 17.5 Å². The Hall–Kier alpha value is -1.59. The standard InChI is InChI=1S/C11H9Cl2FN4/c1-18-11(13)7(10(12)17-18)6-15-16-9-5-3-2-4-8(9)14/h2-6,16H,1H3. The van der Waals surface area contributed by atoms with Gasteiger partial charge in [-0.05, 0) is 12.1 Å². The molecule has 18 heavy (non-hydrogen) atoms. The van der Waals surface area contributed by atoms with Gasteiger partial charge in [-0.25, -0.2) is 4.39 Å². The maximum Gasteiger partial charge on any atom is 0.161 e. The molecule has 0 unspecified atom stereocenters. The van der Waals surface area contributed by atoms with Crippen LogP contribution in [0.15, 0.2) is 29.4 Å². The molecule has 0 saturated heterocycles. The van der Waals surface area contributed by atoms with Crippen molar-refractivity contribution in [2.24, 2.45) is 12.1 Å². The number of halogens is 3. The fourth-order valence-corrected chi connectivity index (χ4v) is 1.79. The zero-order valence-electron chi connectivity index (χ0n) is 9.36. The summed E-state index contributed by atoms with van der Waals surface area (Å²) in [4.78, 5) is 0. The predicted octanol–water partition coefficient (Wildman–Crippen LogP) is 3.31. The Morgan fingerprint density at radius 1 is 1.39 bits per heavy atom. The van der Waals surface area contributed by atoms with Crippen molar-refractivity contribution in [1.82, 2.24) is 9.78 Å². The summed E-state index contributed by atoms with van der Waals surface area (Å²) >= 11 is 11.8. The number of aryl methyl sites for hydroxylation is 1. The molecule has 4 nitrogen and oxygen atoms in total. The van der Waals surface area contributed by atoms with Crippen LogP contribution in [0.2, 0.25) is 10.3 Å². The number of hydrogen-bond donors (Lipinski definition) is 1. The first kappa shape index (κ1) is 12.9. The summed E-state index contributed by atoms with van der Waals surface area (Å²) in [6, 6.07) is 6.20. The Bertz CT molecular complexity index is 595. The number of nitrogens with one attached hydrogen (secondary N) is 1. The molecule has 1 N–H and O–H groups in total. The van der Waals surface area contributed by atoms with Crippen LogP contribution in [0.3, 0.4) is 0 Å². The van der Waals surface area contributed by atoms with Crippen molar-refractivity contribution in [2.75, 3.05) is 5.43 Å². The normalized spacial score (nSPS) is 11.1. The molecule has 1 aromatic heterocycles. The first-order valence-corrected chi connectivity index (χ1v) is 5.77. The van der Waals surface area contributed by atoms with Gasteiger partial charge in [0.2, 0.25) is 0 Å². The lowest BCUT2D eigenvalue weighted by atomic mass is 10.3. The average Bonchev–Trinajstić information content (AvgIpc) is 2.58. The second-order valence-corrected chi connectivity index (χ2v) is 4.18. The number of aromatic nitrogens is 2. The lowest BCUT2D eigenvalue weighted by Crippen LogP contribution is -1.94. The molecule has 7 heteroatoms. The highest BCUT2D eigenvalue weighted by molar-refractivity contribution is 6.37. The van der Waals surface area contributed by atoms with Crippen molar-refractivity contribution in [3.05, 3.63) is 46.0 Å². The topological polar surface area (TPSA) is 42.2 Å². The van der Waals surface area contributed by atoms with Crippen LogP contribution in [0.5, 0.6) is 0 Å². The summed E-state index contributed by atoms with van der Waals surface area (Å²) < 4.78 is 14.7. The minimum absolute atomic E-state index is 0.238. The summed E-state index contributed by atoms with van der Waals surface area (Å²) in [6.07, 6.45) is 1.39. The van der Waals surface area contributed by atoms with Crippen molar-refractivity contribution < 1.29 is 4.39 Å². The highest BCUT2D eigenvalue weighted by Crippen LogP contribution is 2.21. The molecule has 2 rings (SSSR count). The van der Waals surface area contributed by atoms with E-state index in [1.165, 1.54) is 17.0 Å². The van der Waals surface area contributed by atoms with Gasteiger partial charge in [0.1, 0.15) is 11.0 Å². The van der Waals surface area contributed by atoms with E-state index in [1.54, 1.807) is 25.2 Å². The van der Waals surface area contributed by atoms with E-state index < -0.39 is 5.82 Å². The van der Waals surface area contributed by atoms with Crippen LogP contribution in [0.4, 0.5) is 10.1 Å². The molecule has 0 spiro atoms. The van der Waals surface area contributed by atoms with Crippen molar-refractivity contribution in [2.45, 2.75) is 0 Å². The Labute approximate surface area is 113 Å². The molecule has 0 radical (unpaired) electrons. The van der Waals surface area contributed by atoms with E-state index in [-0.39, 0.29) is 10.8 Å². The molecule has 0 aliphatic heterocycles. The first-order chi connectivity index (χ1) is 8.59. The van der Waals surface area contributed by atoms with Crippen LogP contribution >= 0.6 is 23.2 Å². The molecule has 1 heterocycles. The summed E-state index contributed by atoms with van der Waals surface area (Å²) in [5, 5.41) is 8.38. The molecule has 0 fully saturated rings. The second-order valence-electron chi connectivity index (χ2n) is 3.47. The van der Waals surface area contributed by atoms with Crippen LogP contribution in [0.1, 0.15) is 5.56 Å². The van der Waals surface area contributed by atoms with Gasteiger partial charge < -0.3 is 0 Å². The predicted molar refractivity (Wildman–Crippen MR) is 70.8 cm³/mol. The lowest BCUT2D eigenvalue weighted by Gasteiger charge is -2.00. The van der Waals surface area contributed by atoms with Gasteiger partial charge in [0, 0.05) is 7.05 Å². The van der Waals surface area contributed by atoms with Gasteiger partial charge in [0.25, 0.3) is 0 Å². The Balaban J connectivity index is 2.15. The molecule has 0 saturated carbocycles. The highest BCUT2D eigenvalue weighted by atomic mass is 35.5. The molecule has 94 valence electrons. The molecule has 2 aromatic rings. The van der Waals surface area contributed by atoms with Gasteiger partial charge in [-0.3, -0.25) is 10.1 Å². The fraction of sp³-hybridized carbons (Fsp3) is 0.0909. The molecule has 0 aliphatic rings. The quantitative estimate of drug-likeness (QED) is 0.695. The number of rotatable bonds is 3. The maximum absolute atomic E-state index is 13.3. The second kappa shape index (κ2) is 5.37. The van der Waals surface area contributed by atoms with Crippen molar-refractivity contribution >= 4 is 35.1 Å². The first-order valence-electron chi connectivity index (χ1n) is 5.01. The van der Waals surface area contributed by atoms with Gasteiger partial charge in [0.15, 0.2) is 5.15 Å². The fourth-order valence-electron chi connectivity index (χ4n) is 1.31. The van der Waals surface area contributed by atoms with E-state index in [1.807, 2.05) is 0 Å². The number of anilines is 1. The largest absolute Gasteiger partial charge is 0.276 e. The maximum atomic E-state index is 13.3. The molecule has 1 aromatic carbocycles. The number of hydrogen-bond acceptors (Lipinski definition) is 3. The Morgan fingerprint density at radius 3 is 2.72 bits per heavy atom. The number of para-hydroxylation sites is 1. The number of benzene rings is 1. The van der Waals surface area contributed by atoms with Crippen molar-refractivity contribution in [3.8, 4) is 0 Å². The van der Waals surface area contributed by atoms with Crippen LogP contribution in [0.25, 0.3) is 0 Å². The summed E-state index contributed by atoms with van der Waals surface area (Å²) in [5.74, 6) is -0.391. The van der Waals surface area contributed by atoms with Gasteiger partial charge in [-0.15, -0.1) is 0 Å². The van der Waals surface area contributed by atoms with Crippen LogP contribution < -0.4 is 5.43 Å². The summed E-state index contributed by atoms with van der Waals surface area (Å²) in [5.41, 5.74) is 3.31. The van der Waals surface area contributed by atoms with E-state index in [0.717, 1.165) is 0 Å². The van der Waals surface area contributed by atoms with E-state index in [9.17, 15) is 4.39 Å². The summed E-state index contributed by atoms with van der Waals surface area (Å²) in [7, 11) is 1.66. The zero-order chi connectivity index (χ0) is 13.1. The van der Waals surface area contributed by atoms with Crippen LogP contribution in [0, 0.1) is 5.82 Å². The Kier molecular flexibility index (Phi) is 3.84. The van der Waals surface area contributed by atoms with E-state index >= 15 is 0 Å². The average molecular weight is 287 g/mol. The van der Waals surface area contributed by atoms with E-state index in [2.05, 4.69) is 15.6 Å². The Morgan fingerprint density at radius 2 is 2.11 bits per heavy atom. The molecular formula is C11H9Cl2FN4. The number of nitrogens with zero attached hydrogens (tertiary/aromatic N) is 3. The van der Waals surface area contributed by atoms with Gasteiger partial charge in [-0.2, -0.15) is 10.2 Å². The molecule has 0 atom stereocenters. The van der Waals surface area contributed by atoms with Crippen molar-refractivity contribution in [1.29, 1.82) is 0 Å². The molecule has 0 bridgehead atoms. The third-order valence-corrected chi connectivity index (χ3v) is 2.95. The zero-order valence-corrected chi connectivity index (χ0v) is 10.9. The third-order valence-electron chi connectivity index (χ3n) is 2.22. The van der Waals surface area contributed by atoms with Crippen LogP contribution in [-0.4, -0.2) is 16.0 Å². The molecular weight excluding hydrogens is 278 g/mol. The molecule has 0 aliphatic carbocycles. The van der Waals surface area contributed by atoms with Gasteiger partial charge >= 0.3 is 0 Å². The number of hydrazone groups is 1. The lowest BCUT2D eigenvalue weighted by molar-refractivity contribution is 0.631. The smallest absolute Gasteiger partial charge is 0.161 e. The molecule has 0 amide bonds. The van der Waals surface area contributed by atoms with Gasteiger partial charge in [-0.1, -0.05) is 35.3 Å². The summed E-state index contributed by atoms with van der Waals surface area (Å²) in [6.45, 7) is 0. The minimum Gasteiger partial charge on any atom is -0.276 e.